The van der Waals surface area contributed by atoms with Gasteiger partial charge in [-0.05, 0) is 71.8 Å². The lowest BCUT2D eigenvalue weighted by Crippen LogP contribution is -2.37. The molecule has 14 N–H and O–H groups in total. The highest BCUT2D eigenvalue weighted by Crippen LogP contribution is 2.30. The summed E-state index contributed by atoms with van der Waals surface area (Å²) in [6.45, 7) is -2.95. The van der Waals surface area contributed by atoms with Crippen molar-refractivity contribution in [3.05, 3.63) is 106 Å². The van der Waals surface area contributed by atoms with Crippen LogP contribution in [-0.2, 0) is 60.7 Å². The van der Waals surface area contributed by atoms with E-state index in [0.717, 1.165) is 48.6 Å². The molecule has 0 aliphatic heterocycles. The number of aliphatic hydroxyl groups excluding tert-OH is 4. The van der Waals surface area contributed by atoms with E-state index >= 15 is 0 Å². The van der Waals surface area contributed by atoms with Crippen molar-refractivity contribution in [1.29, 1.82) is 0 Å². The van der Waals surface area contributed by atoms with Crippen LogP contribution < -0.4 is 32.3 Å². The molecule has 34 nitrogen and oxygen atoms in total. The van der Waals surface area contributed by atoms with E-state index in [1.165, 1.54) is 9.80 Å². The van der Waals surface area contributed by atoms with Crippen LogP contribution >= 0.6 is 0 Å². The molecule has 0 fully saturated rings. The summed E-state index contributed by atoms with van der Waals surface area (Å²) >= 11 is 0. The minimum atomic E-state index is -5.21. The fourth-order valence-electron chi connectivity index (χ4n) is 6.94. The van der Waals surface area contributed by atoms with E-state index in [9.17, 15) is 98.2 Å². The number of nitrogens with zero attached hydrogens (tertiary/aromatic N) is 8. The average Bonchev–Trinajstić information content (AvgIpc) is 3.34. The highest BCUT2D eigenvalue weighted by Gasteiger charge is 2.23. The third-order valence-electron chi connectivity index (χ3n) is 10.4. The van der Waals surface area contributed by atoms with Crippen molar-refractivity contribution >= 4 is 108 Å². The molecule has 0 aliphatic carbocycles. The molecule has 0 saturated carbocycles. The van der Waals surface area contributed by atoms with Gasteiger partial charge in [-0.2, -0.15) is 60.5 Å². The van der Waals surface area contributed by atoms with Gasteiger partial charge in [0.15, 0.2) is 0 Å². The van der Waals surface area contributed by atoms with Gasteiger partial charge in [-0.25, -0.2) is 20.0 Å². The number of rotatable bonds is 22. The van der Waals surface area contributed by atoms with Crippen LogP contribution in [0.4, 0.5) is 34.6 Å². The molecule has 0 bridgehead atoms. The highest BCUT2D eigenvalue weighted by molar-refractivity contribution is 7.87. The SMILES string of the molecule is O=S(=O)(O)c1ccc(S(=O)(=O)O)c(N=c2[nH]c(N(CCO)CCO)nc(=Nc3ccc(C=Cc4ccc(N=c5nc(N(CCO)CCO)[nH]c(=Nc6cc(S(=O)(=O)O)ccc6S(=O)(=O)O)[nH]5)cc4S(=O)(=O)O)c(S(=O)(=O)O)c3)[nH]2)c1. The Balaban J connectivity index is 1.49. The van der Waals surface area contributed by atoms with Gasteiger partial charge in [0.25, 0.3) is 60.7 Å². The molecule has 2 aromatic heterocycles. The summed E-state index contributed by atoms with van der Waals surface area (Å²) in [6.07, 6.45) is 1.99. The fraction of sp³-hybridized carbons (Fsp3) is 0.200. The molecule has 0 amide bonds. The van der Waals surface area contributed by atoms with Crippen molar-refractivity contribution < 1.29 is 98.2 Å². The summed E-state index contributed by atoms with van der Waals surface area (Å²) < 4.78 is 207. The first kappa shape index (κ1) is 61.9. The molecule has 0 atom stereocenters. The number of hydrogen-bond donors (Lipinski definition) is 14. The van der Waals surface area contributed by atoms with Gasteiger partial charge >= 0.3 is 0 Å². The number of nitrogens with one attached hydrogen (secondary N) is 4. The molecule has 0 saturated heterocycles. The van der Waals surface area contributed by atoms with Crippen molar-refractivity contribution in [3.63, 3.8) is 0 Å². The standard InChI is InChI=1S/C40H44N12O22S6/c53-15-11-51(12-16-54)39-47-35(45-37(49-39)43-29-21-27(75(57,58)59)7-9-31(29)77(63,64)65)41-25-5-3-23(33(19-25)79(69,70)71)1-2-24-4-6-26(20-34(24)80(72,73)74)42-36-46-38(50-40(48-36)52(13-17-55)14-18-56)44-30-22-28(76(60,61)62)8-10-32(30)78(66,67)68/h1-10,19-22,53-56H,11-18H2,(H,57,58,59)(H,60,61,62)(H,63,64,65)(H,66,67,68)(H,69,70,71)(H,72,73,74)(H2,41,43,45,47,49)(H2,42,44,46,48,50). The van der Waals surface area contributed by atoms with E-state index in [1.807, 2.05) is 0 Å². The molecule has 6 rings (SSSR count). The van der Waals surface area contributed by atoms with E-state index in [0.29, 0.717) is 36.4 Å². The lowest BCUT2D eigenvalue weighted by Gasteiger charge is -2.20. The Hall–Kier alpha value is -7.26. The van der Waals surface area contributed by atoms with E-state index in [4.69, 9.17) is 0 Å². The predicted octanol–water partition coefficient (Wildman–Crippen LogP) is -2.05. The van der Waals surface area contributed by atoms with Crippen molar-refractivity contribution in [2.45, 2.75) is 29.4 Å². The summed E-state index contributed by atoms with van der Waals surface area (Å²) in [4.78, 5) is 32.3. The van der Waals surface area contributed by atoms with Gasteiger partial charge < -0.3 is 30.2 Å². The predicted molar refractivity (Wildman–Crippen MR) is 273 cm³/mol. The van der Waals surface area contributed by atoms with Crippen molar-refractivity contribution in [1.82, 2.24) is 29.9 Å². The minimum absolute atomic E-state index is 0.213. The molecule has 4 aromatic carbocycles. The third-order valence-corrected chi connectivity index (χ3v) is 15.7. The monoisotopic (exact) mass is 1240 g/mol. The quantitative estimate of drug-likeness (QED) is 0.0257. The first-order valence-corrected chi connectivity index (χ1v) is 30.5. The molecule has 6 aromatic rings. The lowest BCUT2D eigenvalue weighted by atomic mass is 10.1. The zero-order valence-corrected chi connectivity index (χ0v) is 45.0. The third kappa shape index (κ3) is 16.2. The molecule has 0 aliphatic rings. The summed E-state index contributed by atoms with van der Waals surface area (Å²) in [5.74, 6) is -0.509. The Morgan fingerprint density at radius 1 is 0.400 bits per heavy atom. The average molecular weight is 1240 g/mol. The van der Waals surface area contributed by atoms with Crippen molar-refractivity contribution in [3.8, 4) is 0 Å². The smallest absolute Gasteiger partial charge is 0.296 e. The summed E-state index contributed by atoms with van der Waals surface area (Å²) in [5, 5.41) is 38.8. The maximum atomic E-state index is 12.8. The van der Waals surface area contributed by atoms with E-state index in [1.54, 1.807) is 0 Å². The number of anilines is 2. The summed E-state index contributed by atoms with van der Waals surface area (Å²) in [6, 6.07) is 9.79. The van der Waals surface area contributed by atoms with Crippen molar-refractivity contribution in [2.75, 3.05) is 62.4 Å². The normalized spacial score (nSPS) is 13.9. The Bertz CT molecular complexity index is 4120. The topological polar surface area (TPSA) is 552 Å². The maximum absolute atomic E-state index is 12.8. The minimum Gasteiger partial charge on any atom is -0.395 e. The van der Waals surface area contributed by atoms with E-state index in [-0.39, 0.29) is 60.6 Å². The number of aliphatic hydroxyl groups is 4. The van der Waals surface area contributed by atoms with Gasteiger partial charge in [-0.15, -0.1) is 0 Å². The summed E-state index contributed by atoms with van der Waals surface area (Å²) in [7, 11) is -30.6. The second-order valence-corrected chi connectivity index (χ2v) is 24.3. The molecule has 0 radical (unpaired) electrons. The van der Waals surface area contributed by atoms with Gasteiger partial charge in [0.2, 0.25) is 34.4 Å². The zero-order valence-electron chi connectivity index (χ0n) is 40.1. The van der Waals surface area contributed by atoms with Gasteiger partial charge in [0.1, 0.15) is 19.6 Å². The second-order valence-electron chi connectivity index (χ2n) is 15.9. The van der Waals surface area contributed by atoms with E-state index in [2.05, 4.69) is 49.9 Å². The zero-order chi connectivity index (χ0) is 59.2. The number of H-pyrrole nitrogens is 4. The molecule has 0 unspecified atom stereocenters. The first-order valence-electron chi connectivity index (χ1n) is 21.8. The van der Waals surface area contributed by atoms with Crippen LogP contribution in [0.2, 0.25) is 0 Å². The van der Waals surface area contributed by atoms with Gasteiger partial charge in [-0.1, -0.05) is 24.3 Å². The van der Waals surface area contributed by atoms with Gasteiger partial charge in [-0.3, -0.25) is 47.3 Å². The van der Waals surface area contributed by atoms with Crippen molar-refractivity contribution in [2.24, 2.45) is 20.0 Å². The van der Waals surface area contributed by atoms with Crippen LogP contribution in [-0.4, -0.2) is 181 Å². The largest absolute Gasteiger partial charge is 0.395 e. The van der Waals surface area contributed by atoms with Gasteiger partial charge in [0, 0.05) is 26.2 Å². The van der Waals surface area contributed by atoms with Gasteiger partial charge in [0.05, 0.1) is 59.0 Å². The number of benzene rings is 4. The molecular formula is C40H44N12O22S6. The molecule has 0 spiro atoms. The van der Waals surface area contributed by atoms with Crippen LogP contribution in [0.25, 0.3) is 12.2 Å². The van der Waals surface area contributed by atoms with Crippen LogP contribution in [0.15, 0.2) is 122 Å². The lowest BCUT2D eigenvalue weighted by molar-refractivity contribution is 0.279. The Morgan fingerprint density at radius 3 is 1.01 bits per heavy atom. The molecule has 2 heterocycles. The molecule has 40 heteroatoms. The Kier molecular flexibility index (Phi) is 19.1. The summed E-state index contributed by atoms with van der Waals surface area (Å²) in [5.41, 5.74) is -4.85. The molecular weight excluding hydrogens is 1190 g/mol. The second kappa shape index (κ2) is 24.6. The highest BCUT2D eigenvalue weighted by atomic mass is 32.2. The van der Waals surface area contributed by atoms with Crippen LogP contribution in [0.3, 0.4) is 0 Å². The molecule has 432 valence electrons. The maximum Gasteiger partial charge on any atom is 0.296 e. The molecule has 80 heavy (non-hydrogen) atoms. The Labute approximate surface area is 451 Å². The van der Waals surface area contributed by atoms with Crippen LogP contribution in [0, 0.1) is 0 Å². The number of hydrogen-bond acceptors (Lipinski definition) is 24. The fourth-order valence-corrected chi connectivity index (χ4v) is 10.6. The number of aromatic amines is 4. The first-order chi connectivity index (χ1) is 37.2. The van der Waals surface area contributed by atoms with E-state index < -0.39 is 150 Å². The number of aromatic nitrogens is 6. The van der Waals surface area contributed by atoms with Crippen LogP contribution in [0.1, 0.15) is 11.1 Å². The van der Waals surface area contributed by atoms with Crippen LogP contribution in [0.5, 0.6) is 0 Å². The Morgan fingerprint density at radius 2 is 0.725 bits per heavy atom.